The standard InChI is InChI=1S/C16H21N3OS/c17-14-12-6-1-2-7-13(12)21-15(14)16(20)18-8-5-11-19-9-3-4-10-19/h1-2,6-7H,3-5,8-11,17H2,(H,18,20). The molecule has 1 aliphatic rings. The van der Waals surface area contributed by atoms with Crippen molar-refractivity contribution in [3.63, 3.8) is 0 Å². The van der Waals surface area contributed by atoms with Crippen molar-refractivity contribution >= 4 is 33.0 Å². The van der Waals surface area contributed by atoms with Crippen LogP contribution in [-0.2, 0) is 0 Å². The van der Waals surface area contributed by atoms with Gasteiger partial charge in [0.1, 0.15) is 4.88 Å². The van der Waals surface area contributed by atoms with E-state index < -0.39 is 0 Å². The molecule has 5 heteroatoms. The topological polar surface area (TPSA) is 58.4 Å². The Morgan fingerprint density at radius 1 is 1.29 bits per heavy atom. The maximum absolute atomic E-state index is 12.2. The van der Waals surface area contributed by atoms with Crippen LogP contribution in [-0.4, -0.2) is 37.0 Å². The molecule has 0 radical (unpaired) electrons. The van der Waals surface area contributed by atoms with Crippen LogP contribution >= 0.6 is 11.3 Å². The van der Waals surface area contributed by atoms with Gasteiger partial charge in [-0.2, -0.15) is 0 Å². The predicted octanol–water partition coefficient (Wildman–Crippen LogP) is 2.70. The van der Waals surface area contributed by atoms with Crippen molar-refractivity contribution in [2.45, 2.75) is 19.3 Å². The summed E-state index contributed by atoms with van der Waals surface area (Å²) in [5, 5.41) is 3.97. The summed E-state index contributed by atoms with van der Waals surface area (Å²) in [4.78, 5) is 15.3. The van der Waals surface area contributed by atoms with Crippen LogP contribution in [0.3, 0.4) is 0 Å². The highest BCUT2D eigenvalue weighted by atomic mass is 32.1. The number of benzene rings is 1. The van der Waals surface area contributed by atoms with E-state index in [0.29, 0.717) is 17.1 Å². The van der Waals surface area contributed by atoms with Gasteiger partial charge in [-0.3, -0.25) is 4.79 Å². The molecule has 1 aromatic carbocycles. The van der Waals surface area contributed by atoms with Gasteiger partial charge in [-0.05, 0) is 45.0 Å². The summed E-state index contributed by atoms with van der Waals surface area (Å²) < 4.78 is 1.07. The van der Waals surface area contributed by atoms with E-state index in [2.05, 4.69) is 10.2 Å². The molecule has 2 heterocycles. The SMILES string of the molecule is Nc1c(C(=O)NCCCN2CCCC2)sc2ccccc12. The molecule has 0 unspecified atom stereocenters. The lowest BCUT2D eigenvalue weighted by Gasteiger charge is -2.14. The molecule has 0 saturated carbocycles. The summed E-state index contributed by atoms with van der Waals surface area (Å²) in [6.07, 6.45) is 3.62. The number of fused-ring (bicyclic) bond motifs is 1. The highest BCUT2D eigenvalue weighted by Crippen LogP contribution is 2.33. The number of carbonyl (C=O) groups is 1. The Labute approximate surface area is 128 Å². The number of rotatable bonds is 5. The highest BCUT2D eigenvalue weighted by Gasteiger charge is 2.16. The Morgan fingerprint density at radius 3 is 2.81 bits per heavy atom. The average molecular weight is 303 g/mol. The molecule has 1 amide bonds. The van der Waals surface area contributed by atoms with E-state index in [-0.39, 0.29) is 5.91 Å². The third kappa shape index (κ3) is 3.19. The van der Waals surface area contributed by atoms with E-state index in [4.69, 9.17) is 5.73 Å². The molecule has 4 nitrogen and oxygen atoms in total. The second kappa shape index (κ2) is 6.45. The van der Waals surface area contributed by atoms with E-state index >= 15 is 0 Å². The van der Waals surface area contributed by atoms with Crippen molar-refractivity contribution in [1.29, 1.82) is 0 Å². The van der Waals surface area contributed by atoms with Crippen molar-refractivity contribution in [2.24, 2.45) is 0 Å². The predicted molar refractivity (Wildman–Crippen MR) is 88.9 cm³/mol. The van der Waals surface area contributed by atoms with Crippen molar-refractivity contribution in [3.05, 3.63) is 29.1 Å². The monoisotopic (exact) mass is 303 g/mol. The number of nitrogens with zero attached hydrogens (tertiary/aromatic N) is 1. The number of amides is 1. The lowest BCUT2D eigenvalue weighted by molar-refractivity contribution is 0.0957. The second-order valence-electron chi connectivity index (χ2n) is 5.50. The zero-order chi connectivity index (χ0) is 14.7. The summed E-state index contributed by atoms with van der Waals surface area (Å²) in [6.45, 7) is 4.19. The minimum Gasteiger partial charge on any atom is -0.397 e. The van der Waals surface area contributed by atoms with E-state index in [1.54, 1.807) is 0 Å². The van der Waals surface area contributed by atoms with Gasteiger partial charge in [-0.1, -0.05) is 18.2 Å². The zero-order valence-electron chi connectivity index (χ0n) is 12.1. The molecule has 1 saturated heterocycles. The van der Waals surface area contributed by atoms with Gasteiger partial charge in [0.2, 0.25) is 0 Å². The molecule has 1 fully saturated rings. The number of likely N-dealkylation sites (tertiary alicyclic amines) is 1. The van der Waals surface area contributed by atoms with Gasteiger partial charge in [0, 0.05) is 16.6 Å². The third-order valence-corrected chi connectivity index (χ3v) is 5.16. The van der Waals surface area contributed by atoms with Gasteiger partial charge >= 0.3 is 0 Å². The second-order valence-corrected chi connectivity index (χ2v) is 6.55. The molecule has 3 N–H and O–H groups in total. The minimum atomic E-state index is -0.0462. The van der Waals surface area contributed by atoms with Crippen LogP contribution in [0, 0.1) is 0 Å². The normalized spacial score (nSPS) is 15.6. The van der Waals surface area contributed by atoms with Crippen molar-refractivity contribution in [1.82, 2.24) is 10.2 Å². The van der Waals surface area contributed by atoms with Gasteiger partial charge in [0.25, 0.3) is 5.91 Å². The molecule has 1 aromatic heterocycles. The fourth-order valence-corrected chi connectivity index (χ4v) is 3.86. The molecule has 112 valence electrons. The van der Waals surface area contributed by atoms with Crippen molar-refractivity contribution in [3.8, 4) is 0 Å². The van der Waals surface area contributed by atoms with Crippen LogP contribution in [0.15, 0.2) is 24.3 Å². The Bertz CT molecular complexity index is 631. The summed E-state index contributed by atoms with van der Waals surface area (Å²) in [6, 6.07) is 7.88. The molecule has 21 heavy (non-hydrogen) atoms. The van der Waals surface area contributed by atoms with E-state index in [1.165, 1.54) is 37.3 Å². The lowest BCUT2D eigenvalue weighted by atomic mass is 10.2. The zero-order valence-corrected chi connectivity index (χ0v) is 12.9. The minimum absolute atomic E-state index is 0.0462. The van der Waals surface area contributed by atoms with Gasteiger partial charge in [-0.25, -0.2) is 0 Å². The smallest absolute Gasteiger partial charge is 0.263 e. The number of anilines is 1. The van der Waals surface area contributed by atoms with Crippen molar-refractivity contribution < 1.29 is 4.79 Å². The quantitative estimate of drug-likeness (QED) is 0.835. The van der Waals surface area contributed by atoms with Crippen molar-refractivity contribution in [2.75, 3.05) is 31.9 Å². The molecular weight excluding hydrogens is 282 g/mol. The maximum atomic E-state index is 12.2. The molecule has 0 aliphatic carbocycles. The van der Waals surface area contributed by atoms with Crippen LogP contribution in [0.25, 0.3) is 10.1 Å². The average Bonchev–Trinajstić information content (AvgIpc) is 3.12. The molecule has 0 bridgehead atoms. The maximum Gasteiger partial charge on any atom is 0.263 e. The number of nitrogen functional groups attached to an aromatic ring is 1. The number of nitrogens with one attached hydrogen (secondary N) is 1. The lowest BCUT2D eigenvalue weighted by Crippen LogP contribution is -2.28. The van der Waals surface area contributed by atoms with Crippen LogP contribution in [0.5, 0.6) is 0 Å². The molecule has 3 rings (SSSR count). The number of carbonyl (C=O) groups excluding carboxylic acids is 1. The summed E-state index contributed by atoms with van der Waals surface area (Å²) in [5.41, 5.74) is 6.69. The first-order valence-electron chi connectivity index (χ1n) is 7.53. The van der Waals surface area contributed by atoms with Gasteiger partial charge in [-0.15, -0.1) is 11.3 Å². The Kier molecular flexibility index (Phi) is 4.41. The van der Waals surface area contributed by atoms with E-state index in [9.17, 15) is 4.79 Å². The third-order valence-electron chi connectivity index (χ3n) is 3.98. The molecule has 0 spiro atoms. The number of hydrogen-bond acceptors (Lipinski definition) is 4. The summed E-state index contributed by atoms with van der Waals surface area (Å²) in [7, 11) is 0. The molecule has 0 atom stereocenters. The van der Waals surface area contributed by atoms with Gasteiger partial charge in [0.15, 0.2) is 0 Å². The van der Waals surface area contributed by atoms with E-state index in [1.807, 2.05) is 24.3 Å². The number of thiophene rings is 1. The van der Waals surface area contributed by atoms with Gasteiger partial charge < -0.3 is 16.0 Å². The van der Waals surface area contributed by atoms with E-state index in [0.717, 1.165) is 23.1 Å². The molecule has 2 aromatic rings. The number of nitrogens with two attached hydrogens (primary N) is 1. The Hall–Kier alpha value is -1.59. The first-order chi connectivity index (χ1) is 10.3. The molecule has 1 aliphatic heterocycles. The summed E-state index contributed by atoms with van der Waals surface area (Å²) >= 11 is 1.47. The van der Waals surface area contributed by atoms with Crippen LogP contribution < -0.4 is 11.1 Å². The fourth-order valence-electron chi connectivity index (χ4n) is 2.83. The first-order valence-corrected chi connectivity index (χ1v) is 8.35. The fraction of sp³-hybridized carbons (Fsp3) is 0.438. The van der Waals surface area contributed by atoms with Crippen LogP contribution in [0.2, 0.25) is 0 Å². The first kappa shape index (κ1) is 14.4. The van der Waals surface area contributed by atoms with Crippen LogP contribution in [0.1, 0.15) is 28.9 Å². The molecular formula is C16H21N3OS. The van der Waals surface area contributed by atoms with Crippen LogP contribution in [0.4, 0.5) is 5.69 Å². The Morgan fingerprint density at radius 2 is 2.05 bits per heavy atom. The highest BCUT2D eigenvalue weighted by molar-refractivity contribution is 7.21. The van der Waals surface area contributed by atoms with Gasteiger partial charge in [0.05, 0.1) is 5.69 Å². The Balaban J connectivity index is 1.55. The number of hydrogen-bond donors (Lipinski definition) is 2. The largest absolute Gasteiger partial charge is 0.397 e. The summed E-state index contributed by atoms with van der Waals surface area (Å²) in [5.74, 6) is -0.0462.